The predicted molar refractivity (Wildman–Crippen MR) is 199 cm³/mol. The molecule has 1 rings (SSSR count). The molecule has 262 valence electrons. The SMILES string of the molecule is C=C(NCCCCCCCCCCCCCCCCCCCC)NC[N+](C)(CC)C/C(=C\C)c1nsnc1OCCCCCC. The zero-order valence-electron chi connectivity index (χ0n) is 30.5. The van der Waals surface area contributed by atoms with E-state index in [2.05, 4.69) is 66.8 Å². The third-order valence-corrected chi connectivity index (χ3v) is 9.72. The summed E-state index contributed by atoms with van der Waals surface area (Å²) >= 11 is 1.24. The Morgan fingerprint density at radius 3 is 1.69 bits per heavy atom. The number of rotatable bonds is 33. The molecule has 0 bridgehead atoms. The van der Waals surface area contributed by atoms with Gasteiger partial charge in [0.25, 0.3) is 5.88 Å². The van der Waals surface area contributed by atoms with Crippen LogP contribution >= 0.6 is 11.7 Å². The van der Waals surface area contributed by atoms with Crippen molar-refractivity contribution in [3.05, 3.63) is 24.2 Å². The van der Waals surface area contributed by atoms with Gasteiger partial charge in [-0.15, -0.1) is 4.37 Å². The number of allylic oxidation sites excluding steroid dienone is 1. The Hall–Kier alpha value is -1.60. The molecule has 0 radical (unpaired) electrons. The third-order valence-electron chi connectivity index (χ3n) is 9.21. The molecule has 1 aromatic heterocycles. The van der Waals surface area contributed by atoms with Gasteiger partial charge in [-0.2, -0.15) is 4.37 Å². The average molecular weight is 649 g/mol. The van der Waals surface area contributed by atoms with Crippen LogP contribution in [0.1, 0.15) is 175 Å². The van der Waals surface area contributed by atoms with Gasteiger partial charge in [-0.05, 0) is 26.7 Å². The summed E-state index contributed by atoms with van der Waals surface area (Å²) in [5, 5.41) is 7.06. The number of unbranched alkanes of at least 4 members (excludes halogenated alkanes) is 20. The van der Waals surface area contributed by atoms with Crippen LogP contribution in [0.3, 0.4) is 0 Å². The van der Waals surface area contributed by atoms with Crippen molar-refractivity contribution < 1.29 is 9.22 Å². The summed E-state index contributed by atoms with van der Waals surface area (Å²) in [7, 11) is 2.28. The molecule has 2 N–H and O–H groups in total. The van der Waals surface area contributed by atoms with E-state index in [-0.39, 0.29) is 0 Å². The predicted octanol–water partition coefficient (Wildman–Crippen LogP) is 11.0. The lowest BCUT2D eigenvalue weighted by Gasteiger charge is -2.34. The summed E-state index contributed by atoms with van der Waals surface area (Å²) in [6, 6.07) is 0. The molecule has 1 heterocycles. The summed E-state index contributed by atoms with van der Waals surface area (Å²) in [6.45, 7) is 17.5. The maximum absolute atomic E-state index is 6.03. The third kappa shape index (κ3) is 21.8. The number of hydrogen-bond donors (Lipinski definition) is 2. The van der Waals surface area contributed by atoms with Gasteiger partial charge in [0.2, 0.25) is 0 Å². The average Bonchev–Trinajstić information content (AvgIpc) is 3.52. The summed E-state index contributed by atoms with van der Waals surface area (Å²) in [4.78, 5) is 0. The first-order chi connectivity index (χ1) is 22.0. The molecule has 1 atom stereocenters. The van der Waals surface area contributed by atoms with Gasteiger partial charge >= 0.3 is 0 Å². The van der Waals surface area contributed by atoms with E-state index in [1.54, 1.807) is 0 Å². The zero-order valence-corrected chi connectivity index (χ0v) is 31.4. The van der Waals surface area contributed by atoms with Crippen LogP contribution in [-0.4, -0.2) is 53.2 Å². The minimum atomic E-state index is 0.690. The molecule has 7 heteroatoms. The van der Waals surface area contributed by atoms with Crippen LogP contribution in [0.2, 0.25) is 0 Å². The van der Waals surface area contributed by atoms with Gasteiger partial charge in [-0.3, -0.25) is 0 Å². The lowest BCUT2D eigenvalue weighted by Crippen LogP contribution is -2.51. The maximum Gasteiger partial charge on any atom is 0.253 e. The highest BCUT2D eigenvalue weighted by Crippen LogP contribution is 2.26. The van der Waals surface area contributed by atoms with E-state index in [1.165, 1.54) is 152 Å². The van der Waals surface area contributed by atoms with Crippen LogP contribution in [0.15, 0.2) is 18.5 Å². The molecule has 45 heavy (non-hydrogen) atoms. The number of hydrogen-bond acceptors (Lipinski definition) is 6. The smallest absolute Gasteiger partial charge is 0.253 e. The molecule has 0 spiro atoms. The summed E-state index contributed by atoms with van der Waals surface area (Å²) in [5.74, 6) is 1.61. The number of nitrogens with zero attached hydrogens (tertiary/aromatic N) is 3. The van der Waals surface area contributed by atoms with Gasteiger partial charge in [-0.1, -0.05) is 155 Å². The Labute approximate surface area is 284 Å². The van der Waals surface area contributed by atoms with Crippen LogP contribution < -0.4 is 15.4 Å². The lowest BCUT2D eigenvalue weighted by atomic mass is 10.0. The molecule has 0 aliphatic carbocycles. The van der Waals surface area contributed by atoms with Crippen LogP contribution in [-0.2, 0) is 0 Å². The second kappa shape index (κ2) is 28.6. The van der Waals surface area contributed by atoms with Gasteiger partial charge in [0.05, 0.1) is 37.7 Å². The number of quaternary nitrogens is 1. The van der Waals surface area contributed by atoms with E-state index in [9.17, 15) is 0 Å². The van der Waals surface area contributed by atoms with E-state index >= 15 is 0 Å². The van der Waals surface area contributed by atoms with Gasteiger partial charge in [0.15, 0.2) is 6.67 Å². The van der Waals surface area contributed by atoms with Crippen molar-refractivity contribution in [2.24, 2.45) is 0 Å². The van der Waals surface area contributed by atoms with Crippen molar-refractivity contribution >= 4 is 17.3 Å². The molecular weight excluding hydrogens is 575 g/mol. The number of aromatic nitrogens is 2. The van der Waals surface area contributed by atoms with E-state index in [0.29, 0.717) is 12.5 Å². The van der Waals surface area contributed by atoms with Gasteiger partial charge < -0.3 is 19.9 Å². The standard InChI is InChI=1S/C38H74N5OS/c1-7-11-13-15-16-17-18-19-20-21-22-23-24-25-26-27-28-29-31-39-35(5)40-34-43(6,10-4)33-36(9-3)37-38(42-45-41-37)44-32-30-14-12-8-2/h9,39-40H,5,7-8,10-34H2,1-4,6H3/q+1/b36-9+. The fourth-order valence-electron chi connectivity index (χ4n) is 5.78. The van der Waals surface area contributed by atoms with E-state index in [0.717, 1.165) is 48.7 Å². The molecule has 0 saturated carbocycles. The fraction of sp³-hybridized carbons (Fsp3) is 0.842. The Kier molecular flexibility index (Phi) is 26.3. The monoisotopic (exact) mass is 649 g/mol. The van der Waals surface area contributed by atoms with Crippen molar-refractivity contribution in [1.82, 2.24) is 19.4 Å². The molecule has 0 aliphatic heterocycles. The molecule has 1 unspecified atom stereocenters. The van der Waals surface area contributed by atoms with Gasteiger partial charge in [-0.25, -0.2) is 0 Å². The Balaban J connectivity index is 2.10. The van der Waals surface area contributed by atoms with Gasteiger partial charge in [0.1, 0.15) is 12.2 Å². The highest BCUT2D eigenvalue weighted by atomic mass is 32.1. The normalized spacial score (nSPS) is 13.1. The number of nitrogens with one attached hydrogen (secondary N) is 2. The molecule has 0 fully saturated rings. The van der Waals surface area contributed by atoms with Crippen molar-refractivity contribution in [2.45, 2.75) is 169 Å². The largest absolute Gasteiger partial charge is 0.475 e. The van der Waals surface area contributed by atoms with Crippen LogP contribution in [0.25, 0.3) is 5.57 Å². The second-order valence-electron chi connectivity index (χ2n) is 13.5. The highest BCUT2D eigenvalue weighted by Gasteiger charge is 2.25. The minimum absolute atomic E-state index is 0.690. The summed E-state index contributed by atoms with van der Waals surface area (Å²) in [5.41, 5.74) is 2.10. The molecule has 0 saturated heterocycles. The topological polar surface area (TPSA) is 59.1 Å². The molecule has 0 amide bonds. The summed E-state index contributed by atoms with van der Waals surface area (Å²) in [6.07, 6.45) is 32.3. The van der Waals surface area contributed by atoms with Crippen LogP contribution in [0.4, 0.5) is 0 Å². The van der Waals surface area contributed by atoms with E-state index < -0.39 is 0 Å². The van der Waals surface area contributed by atoms with Gasteiger partial charge in [0, 0.05) is 12.1 Å². The Morgan fingerprint density at radius 2 is 1.20 bits per heavy atom. The lowest BCUT2D eigenvalue weighted by molar-refractivity contribution is -0.902. The zero-order chi connectivity index (χ0) is 32.9. The quantitative estimate of drug-likeness (QED) is 0.0451. The van der Waals surface area contributed by atoms with Crippen molar-refractivity contribution in [3.63, 3.8) is 0 Å². The Bertz CT molecular complexity index is 857. The number of likely N-dealkylation sites (N-methyl/N-ethyl adjacent to an activating group) is 1. The minimum Gasteiger partial charge on any atom is -0.475 e. The first-order valence-electron chi connectivity index (χ1n) is 19.1. The molecular formula is C38H74N5OS+. The number of ether oxygens (including phenoxy) is 1. The van der Waals surface area contributed by atoms with Crippen LogP contribution in [0.5, 0.6) is 5.88 Å². The van der Waals surface area contributed by atoms with E-state index in [4.69, 9.17) is 4.74 Å². The molecule has 6 nitrogen and oxygen atoms in total. The first-order valence-corrected chi connectivity index (χ1v) is 19.8. The summed E-state index contributed by atoms with van der Waals surface area (Å²) < 4.78 is 15.9. The Morgan fingerprint density at radius 1 is 0.711 bits per heavy atom. The first kappa shape index (κ1) is 41.4. The van der Waals surface area contributed by atoms with Crippen molar-refractivity contribution in [2.75, 3.05) is 40.0 Å². The second-order valence-corrected chi connectivity index (χ2v) is 14.0. The molecule has 0 aliphatic rings. The fourth-order valence-corrected chi connectivity index (χ4v) is 6.31. The maximum atomic E-state index is 6.03. The van der Waals surface area contributed by atoms with E-state index in [1.807, 2.05) is 0 Å². The van der Waals surface area contributed by atoms with Crippen molar-refractivity contribution in [1.29, 1.82) is 0 Å². The molecule has 0 aromatic carbocycles. The van der Waals surface area contributed by atoms with Crippen LogP contribution in [0, 0.1) is 0 Å². The molecule has 1 aromatic rings. The van der Waals surface area contributed by atoms with Crippen molar-refractivity contribution in [3.8, 4) is 5.88 Å². The highest BCUT2D eigenvalue weighted by molar-refractivity contribution is 6.99.